The third-order valence-electron chi connectivity index (χ3n) is 1.55. The summed E-state index contributed by atoms with van der Waals surface area (Å²) in [5, 5.41) is 16.3. The topological polar surface area (TPSA) is 57.5 Å². The molecule has 0 saturated heterocycles. The van der Waals surface area contributed by atoms with E-state index >= 15 is 0 Å². The highest BCUT2D eigenvalue weighted by Gasteiger charge is 1.99. The molecular formula is C11H20O3. The Kier molecular flexibility index (Phi) is 11.0. The van der Waals surface area contributed by atoms with Gasteiger partial charge in [-0.2, -0.15) is 0 Å². The van der Waals surface area contributed by atoms with Crippen molar-refractivity contribution in [1.29, 1.82) is 0 Å². The number of carboxylic acid groups (broad SMARTS) is 1. The SMILES string of the molecule is CC=C(C)CC(O)C=C(C)C.O=CO. The van der Waals surface area contributed by atoms with E-state index in [0.717, 1.165) is 6.42 Å². The highest BCUT2D eigenvalue weighted by Crippen LogP contribution is 2.06. The number of allylic oxidation sites excluding steroid dienone is 2. The second-order valence-corrected chi connectivity index (χ2v) is 3.26. The summed E-state index contributed by atoms with van der Waals surface area (Å²) in [5.41, 5.74) is 2.40. The molecule has 0 spiro atoms. The van der Waals surface area contributed by atoms with E-state index < -0.39 is 0 Å². The van der Waals surface area contributed by atoms with Crippen molar-refractivity contribution in [3.8, 4) is 0 Å². The molecule has 0 fully saturated rings. The molecule has 0 bridgehead atoms. The van der Waals surface area contributed by atoms with Crippen LogP contribution in [0.3, 0.4) is 0 Å². The van der Waals surface area contributed by atoms with Crippen LogP contribution in [0.4, 0.5) is 0 Å². The summed E-state index contributed by atoms with van der Waals surface area (Å²) in [6, 6.07) is 0. The Morgan fingerprint density at radius 1 is 1.36 bits per heavy atom. The Morgan fingerprint density at radius 2 is 1.79 bits per heavy atom. The van der Waals surface area contributed by atoms with Gasteiger partial charge >= 0.3 is 0 Å². The molecule has 0 aliphatic heterocycles. The molecule has 2 N–H and O–H groups in total. The zero-order valence-electron chi connectivity index (χ0n) is 9.32. The highest BCUT2D eigenvalue weighted by atomic mass is 16.3. The molecule has 0 amide bonds. The minimum absolute atomic E-state index is 0.250. The van der Waals surface area contributed by atoms with Crippen LogP contribution in [0.25, 0.3) is 0 Å². The molecule has 3 nitrogen and oxygen atoms in total. The summed E-state index contributed by atoms with van der Waals surface area (Å²) in [6.07, 6.45) is 4.35. The van der Waals surface area contributed by atoms with Crippen molar-refractivity contribution in [3.05, 3.63) is 23.3 Å². The number of hydrogen-bond donors (Lipinski definition) is 2. The van der Waals surface area contributed by atoms with E-state index in [2.05, 4.69) is 0 Å². The van der Waals surface area contributed by atoms with E-state index in [9.17, 15) is 5.11 Å². The monoisotopic (exact) mass is 200 g/mol. The van der Waals surface area contributed by atoms with Crippen LogP contribution in [-0.4, -0.2) is 22.8 Å². The number of aliphatic hydroxyl groups is 1. The predicted octanol–water partition coefficient (Wildman–Crippen LogP) is 2.37. The van der Waals surface area contributed by atoms with Crippen molar-refractivity contribution in [1.82, 2.24) is 0 Å². The average molecular weight is 200 g/mol. The third kappa shape index (κ3) is 13.5. The standard InChI is InChI=1S/C10H18O.CH2O2/c1-5-9(4)7-10(11)6-8(2)3;2-1-3/h5-6,10-11H,7H2,1-4H3;1H,(H,2,3). The van der Waals surface area contributed by atoms with Crippen LogP contribution >= 0.6 is 0 Å². The van der Waals surface area contributed by atoms with E-state index in [4.69, 9.17) is 9.90 Å². The van der Waals surface area contributed by atoms with Crippen LogP contribution in [0.1, 0.15) is 34.1 Å². The van der Waals surface area contributed by atoms with Gasteiger partial charge in [0.25, 0.3) is 6.47 Å². The molecule has 0 aromatic rings. The first kappa shape index (κ1) is 15.4. The van der Waals surface area contributed by atoms with E-state index in [-0.39, 0.29) is 12.6 Å². The first-order valence-electron chi connectivity index (χ1n) is 4.50. The van der Waals surface area contributed by atoms with Gasteiger partial charge in [0, 0.05) is 0 Å². The second-order valence-electron chi connectivity index (χ2n) is 3.26. The fraction of sp³-hybridized carbons (Fsp3) is 0.545. The van der Waals surface area contributed by atoms with Crippen LogP contribution in [-0.2, 0) is 4.79 Å². The summed E-state index contributed by atoms with van der Waals surface area (Å²) in [5.74, 6) is 0. The van der Waals surface area contributed by atoms with Crippen molar-refractivity contribution in [2.75, 3.05) is 0 Å². The zero-order valence-corrected chi connectivity index (χ0v) is 9.32. The maximum Gasteiger partial charge on any atom is 0.290 e. The van der Waals surface area contributed by atoms with Gasteiger partial charge in [-0.05, 0) is 34.1 Å². The molecule has 0 aromatic heterocycles. The van der Waals surface area contributed by atoms with Crippen molar-refractivity contribution in [3.63, 3.8) is 0 Å². The lowest BCUT2D eigenvalue weighted by Crippen LogP contribution is -2.02. The summed E-state index contributed by atoms with van der Waals surface area (Å²) < 4.78 is 0. The van der Waals surface area contributed by atoms with Crippen LogP contribution in [0.15, 0.2) is 23.3 Å². The van der Waals surface area contributed by atoms with Gasteiger partial charge in [-0.25, -0.2) is 0 Å². The lowest BCUT2D eigenvalue weighted by atomic mass is 10.1. The number of rotatable bonds is 3. The highest BCUT2D eigenvalue weighted by molar-refractivity contribution is 5.32. The molecule has 82 valence electrons. The van der Waals surface area contributed by atoms with Crippen molar-refractivity contribution in [2.24, 2.45) is 0 Å². The molecule has 0 rings (SSSR count). The molecular weight excluding hydrogens is 180 g/mol. The first-order chi connectivity index (χ1) is 6.47. The lowest BCUT2D eigenvalue weighted by molar-refractivity contribution is -0.122. The number of carbonyl (C=O) groups is 1. The summed E-state index contributed by atoms with van der Waals surface area (Å²) in [7, 11) is 0. The van der Waals surface area contributed by atoms with E-state index in [1.54, 1.807) is 0 Å². The lowest BCUT2D eigenvalue weighted by Gasteiger charge is -2.05. The first-order valence-corrected chi connectivity index (χ1v) is 4.50. The molecule has 1 unspecified atom stereocenters. The van der Waals surface area contributed by atoms with Gasteiger partial charge in [0.2, 0.25) is 0 Å². The molecule has 0 aromatic carbocycles. The predicted molar refractivity (Wildman–Crippen MR) is 58.2 cm³/mol. The average Bonchev–Trinajstić information content (AvgIpc) is 2.03. The molecule has 0 aliphatic rings. The fourth-order valence-electron chi connectivity index (χ4n) is 0.891. The zero-order chi connectivity index (χ0) is 11.6. The molecule has 1 atom stereocenters. The van der Waals surface area contributed by atoms with Crippen molar-refractivity contribution >= 4 is 6.47 Å². The molecule has 0 aliphatic carbocycles. The van der Waals surface area contributed by atoms with Crippen LogP contribution in [0.2, 0.25) is 0 Å². The van der Waals surface area contributed by atoms with E-state index in [1.165, 1.54) is 11.1 Å². The van der Waals surface area contributed by atoms with Crippen LogP contribution < -0.4 is 0 Å². The Morgan fingerprint density at radius 3 is 2.07 bits per heavy atom. The Balaban J connectivity index is 0. The third-order valence-corrected chi connectivity index (χ3v) is 1.55. The van der Waals surface area contributed by atoms with E-state index in [1.807, 2.05) is 39.8 Å². The van der Waals surface area contributed by atoms with Gasteiger partial charge in [0.1, 0.15) is 0 Å². The minimum atomic E-state index is -0.309. The molecule has 14 heavy (non-hydrogen) atoms. The summed E-state index contributed by atoms with van der Waals surface area (Å²) in [4.78, 5) is 8.36. The maximum absolute atomic E-state index is 9.40. The summed E-state index contributed by atoms with van der Waals surface area (Å²) in [6.45, 7) is 7.76. The maximum atomic E-state index is 9.40. The van der Waals surface area contributed by atoms with E-state index in [0.29, 0.717) is 0 Å². The number of aliphatic hydroxyl groups excluding tert-OH is 1. The van der Waals surface area contributed by atoms with Gasteiger partial charge in [-0.15, -0.1) is 0 Å². The molecule has 0 radical (unpaired) electrons. The fourth-order valence-corrected chi connectivity index (χ4v) is 0.891. The van der Waals surface area contributed by atoms with Crippen molar-refractivity contribution in [2.45, 2.75) is 40.2 Å². The van der Waals surface area contributed by atoms with Gasteiger partial charge < -0.3 is 10.2 Å². The Labute approximate surface area is 85.8 Å². The molecule has 0 saturated carbocycles. The minimum Gasteiger partial charge on any atom is -0.483 e. The largest absolute Gasteiger partial charge is 0.483 e. The molecule has 0 heterocycles. The smallest absolute Gasteiger partial charge is 0.290 e. The van der Waals surface area contributed by atoms with Gasteiger partial charge in [-0.3, -0.25) is 4.79 Å². The van der Waals surface area contributed by atoms with Crippen LogP contribution in [0.5, 0.6) is 0 Å². The quantitative estimate of drug-likeness (QED) is 0.543. The summed E-state index contributed by atoms with van der Waals surface area (Å²) >= 11 is 0. The van der Waals surface area contributed by atoms with Gasteiger partial charge in [-0.1, -0.05) is 23.3 Å². The van der Waals surface area contributed by atoms with Gasteiger partial charge in [0.15, 0.2) is 0 Å². The number of hydrogen-bond acceptors (Lipinski definition) is 2. The normalized spacial score (nSPS) is 12.2. The Hall–Kier alpha value is -1.09. The molecule has 3 heteroatoms. The Bertz CT molecular complexity index is 201. The van der Waals surface area contributed by atoms with Crippen molar-refractivity contribution < 1.29 is 15.0 Å². The van der Waals surface area contributed by atoms with Gasteiger partial charge in [0.05, 0.1) is 6.10 Å². The second kappa shape index (κ2) is 9.99. The van der Waals surface area contributed by atoms with Crippen LogP contribution in [0, 0.1) is 0 Å².